The smallest absolute Gasteiger partial charge is 0.277 e. The van der Waals surface area contributed by atoms with Crippen LogP contribution in [-0.4, -0.2) is 24.4 Å². The van der Waals surface area contributed by atoms with E-state index in [0.717, 1.165) is 5.56 Å². The van der Waals surface area contributed by atoms with Crippen molar-refractivity contribution in [3.63, 3.8) is 0 Å². The zero-order valence-corrected chi connectivity index (χ0v) is 16.9. The second-order valence-electron chi connectivity index (χ2n) is 6.26. The number of nitrogens with zero attached hydrogens (tertiary/aromatic N) is 2. The fraction of sp³-hybridized carbons (Fsp3) is 0.130. The van der Waals surface area contributed by atoms with E-state index in [2.05, 4.69) is 34.5 Å². The van der Waals surface area contributed by atoms with E-state index in [9.17, 15) is 0 Å². The molecule has 0 unspecified atom stereocenters. The van der Waals surface area contributed by atoms with Crippen LogP contribution in [0.15, 0.2) is 88.5 Å². The molecule has 4 rings (SSSR count). The minimum absolute atomic E-state index is 0.0449. The molecule has 0 amide bonds. The van der Waals surface area contributed by atoms with Crippen LogP contribution in [-0.2, 0) is 0 Å². The van der Waals surface area contributed by atoms with Crippen molar-refractivity contribution >= 4 is 11.8 Å². The first kappa shape index (κ1) is 19.1. The van der Waals surface area contributed by atoms with Crippen molar-refractivity contribution in [2.45, 2.75) is 10.5 Å². The second kappa shape index (κ2) is 8.84. The Morgan fingerprint density at radius 3 is 2.03 bits per heavy atom. The maximum atomic E-state index is 5.98. The highest BCUT2D eigenvalue weighted by Gasteiger charge is 2.21. The third-order valence-corrected chi connectivity index (χ3v) is 5.62. The van der Waals surface area contributed by atoms with E-state index in [1.54, 1.807) is 20.3 Å². The van der Waals surface area contributed by atoms with Gasteiger partial charge < -0.3 is 13.9 Å². The van der Waals surface area contributed by atoms with Crippen LogP contribution >= 0.6 is 11.8 Å². The van der Waals surface area contributed by atoms with Gasteiger partial charge in [0.15, 0.2) is 0 Å². The molecule has 0 bridgehead atoms. The maximum Gasteiger partial charge on any atom is 0.277 e. The highest BCUT2D eigenvalue weighted by Crippen LogP contribution is 2.41. The second-order valence-corrected chi connectivity index (χ2v) is 7.31. The molecule has 0 aliphatic rings. The Balaban J connectivity index is 1.65. The number of hydrogen-bond donors (Lipinski definition) is 0. The molecule has 1 heterocycles. The lowest BCUT2D eigenvalue weighted by Gasteiger charge is -2.15. The Labute approximate surface area is 173 Å². The molecule has 0 radical (unpaired) electrons. The number of methoxy groups -OCH3 is 2. The molecule has 0 atom stereocenters. The highest BCUT2D eigenvalue weighted by atomic mass is 32.2. The van der Waals surface area contributed by atoms with Gasteiger partial charge in [-0.2, -0.15) is 0 Å². The summed E-state index contributed by atoms with van der Waals surface area (Å²) in [5.74, 6) is 1.73. The summed E-state index contributed by atoms with van der Waals surface area (Å²) in [6.07, 6.45) is 0. The van der Waals surface area contributed by atoms with E-state index < -0.39 is 0 Å². The van der Waals surface area contributed by atoms with Gasteiger partial charge in [-0.25, -0.2) is 0 Å². The molecule has 5 nitrogen and oxygen atoms in total. The zero-order chi connectivity index (χ0) is 20.1. The van der Waals surface area contributed by atoms with Gasteiger partial charge in [0.1, 0.15) is 11.5 Å². The van der Waals surface area contributed by atoms with Gasteiger partial charge in [0.05, 0.1) is 25.0 Å². The lowest BCUT2D eigenvalue weighted by atomic mass is 10.0. The molecule has 0 spiro atoms. The number of rotatable bonds is 7. The predicted molar refractivity (Wildman–Crippen MR) is 113 cm³/mol. The first-order valence-electron chi connectivity index (χ1n) is 9.11. The monoisotopic (exact) mass is 404 g/mol. The van der Waals surface area contributed by atoms with Crippen molar-refractivity contribution in [3.8, 4) is 23.0 Å². The van der Waals surface area contributed by atoms with Crippen molar-refractivity contribution in [1.82, 2.24) is 10.2 Å². The van der Waals surface area contributed by atoms with Crippen LogP contribution in [0.1, 0.15) is 16.4 Å². The Morgan fingerprint density at radius 1 is 0.793 bits per heavy atom. The Bertz CT molecular complexity index is 1030. The summed E-state index contributed by atoms with van der Waals surface area (Å²) in [4.78, 5) is 0. The van der Waals surface area contributed by atoms with Crippen LogP contribution in [0.2, 0.25) is 0 Å². The van der Waals surface area contributed by atoms with Gasteiger partial charge in [0, 0.05) is 6.07 Å². The van der Waals surface area contributed by atoms with Crippen molar-refractivity contribution in [2.75, 3.05) is 14.2 Å². The number of thioether (sulfide) groups is 1. The molecule has 3 aromatic carbocycles. The van der Waals surface area contributed by atoms with Crippen LogP contribution in [0, 0.1) is 0 Å². The van der Waals surface area contributed by atoms with Crippen LogP contribution in [0.3, 0.4) is 0 Å². The van der Waals surface area contributed by atoms with Crippen LogP contribution in [0.25, 0.3) is 11.5 Å². The number of aromatic nitrogens is 2. The summed E-state index contributed by atoms with van der Waals surface area (Å²) in [5, 5.41) is 9.03. The van der Waals surface area contributed by atoms with Gasteiger partial charge in [-0.15, -0.1) is 10.2 Å². The minimum atomic E-state index is 0.0449. The van der Waals surface area contributed by atoms with E-state index in [4.69, 9.17) is 13.9 Å². The number of hydrogen-bond acceptors (Lipinski definition) is 6. The highest BCUT2D eigenvalue weighted by molar-refractivity contribution is 7.99. The van der Waals surface area contributed by atoms with Gasteiger partial charge in [-0.05, 0) is 23.3 Å². The van der Waals surface area contributed by atoms with E-state index in [1.165, 1.54) is 22.9 Å². The average Bonchev–Trinajstić information content (AvgIpc) is 3.26. The third-order valence-electron chi connectivity index (χ3n) is 4.47. The molecule has 0 saturated carbocycles. The van der Waals surface area contributed by atoms with Gasteiger partial charge in [0.2, 0.25) is 0 Å². The van der Waals surface area contributed by atoms with E-state index in [-0.39, 0.29) is 5.25 Å². The molecule has 1 aromatic heterocycles. The number of benzene rings is 3. The summed E-state index contributed by atoms with van der Waals surface area (Å²) in [6, 6.07) is 26.1. The lowest BCUT2D eigenvalue weighted by molar-refractivity contribution is 0.393. The summed E-state index contributed by atoms with van der Waals surface area (Å²) >= 11 is 1.53. The summed E-state index contributed by atoms with van der Waals surface area (Å²) in [6.45, 7) is 0. The molecular weight excluding hydrogens is 384 g/mol. The lowest BCUT2D eigenvalue weighted by Crippen LogP contribution is -1.96. The molecule has 4 aromatic rings. The van der Waals surface area contributed by atoms with Gasteiger partial charge in [-0.1, -0.05) is 72.4 Å². The molecule has 0 fully saturated rings. The fourth-order valence-electron chi connectivity index (χ4n) is 3.03. The minimum Gasteiger partial charge on any atom is -0.497 e. The molecule has 6 heteroatoms. The molecule has 146 valence electrons. The van der Waals surface area contributed by atoms with Crippen molar-refractivity contribution in [3.05, 3.63) is 90.0 Å². The van der Waals surface area contributed by atoms with Crippen LogP contribution < -0.4 is 9.47 Å². The predicted octanol–water partition coefficient (Wildman–Crippen LogP) is 5.64. The normalized spacial score (nSPS) is 10.9. The zero-order valence-electron chi connectivity index (χ0n) is 16.1. The van der Waals surface area contributed by atoms with E-state index >= 15 is 0 Å². The average molecular weight is 404 g/mol. The summed E-state index contributed by atoms with van der Waals surface area (Å²) in [5.41, 5.74) is 3.07. The van der Waals surface area contributed by atoms with E-state index in [1.807, 2.05) is 48.5 Å². The summed E-state index contributed by atoms with van der Waals surface area (Å²) < 4.78 is 16.7. The van der Waals surface area contributed by atoms with Gasteiger partial charge >= 0.3 is 0 Å². The molecular formula is C23H20N2O3S. The quantitative estimate of drug-likeness (QED) is 0.372. The largest absolute Gasteiger partial charge is 0.497 e. The molecule has 0 saturated heterocycles. The van der Waals surface area contributed by atoms with Crippen LogP contribution in [0.5, 0.6) is 11.5 Å². The Morgan fingerprint density at radius 2 is 1.45 bits per heavy atom. The Hall–Kier alpha value is -3.25. The third kappa shape index (κ3) is 4.27. The standard InChI is InChI=1S/C23H20N2O3S/c1-26-18-13-14-19(20(15-18)27-2)22-24-25-23(28-22)29-21(16-9-5-3-6-10-16)17-11-7-4-8-12-17/h3-15,21H,1-2H3. The van der Waals surface area contributed by atoms with Crippen molar-refractivity contribution < 1.29 is 13.9 Å². The topological polar surface area (TPSA) is 57.4 Å². The SMILES string of the molecule is COc1ccc(-c2nnc(SC(c3ccccc3)c3ccccc3)o2)c(OC)c1. The van der Waals surface area contributed by atoms with Crippen LogP contribution in [0.4, 0.5) is 0 Å². The molecule has 0 aliphatic heterocycles. The molecule has 29 heavy (non-hydrogen) atoms. The first-order valence-corrected chi connectivity index (χ1v) is 9.99. The molecule has 0 aliphatic carbocycles. The fourth-order valence-corrected chi connectivity index (χ4v) is 4.03. The first-order chi connectivity index (χ1) is 14.3. The maximum absolute atomic E-state index is 5.98. The van der Waals surface area contributed by atoms with Crippen molar-refractivity contribution in [1.29, 1.82) is 0 Å². The number of ether oxygens (including phenoxy) is 2. The Kier molecular flexibility index (Phi) is 5.81. The van der Waals surface area contributed by atoms with Gasteiger partial charge in [0.25, 0.3) is 11.1 Å². The summed E-state index contributed by atoms with van der Waals surface area (Å²) in [7, 11) is 3.22. The van der Waals surface area contributed by atoms with Gasteiger partial charge in [-0.3, -0.25) is 0 Å². The van der Waals surface area contributed by atoms with Crippen molar-refractivity contribution in [2.24, 2.45) is 0 Å². The van der Waals surface area contributed by atoms with E-state index in [0.29, 0.717) is 22.6 Å². The molecule has 0 N–H and O–H groups in total.